The van der Waals surface area contributed by atoms with Gasteiger partial charge in [-0.3, -0.25) is 14.9 Å². The summed E-state index contributed by atoms with van der Waals surface area (Å²) in [4.78, 5) is 27.2. The number of azide groups is 1. The van der Waals surface area contributed by atoms with Crippen LogP contribution in [0.1, 0.15) is 50.7 Å². The van der Waals surface area contributed by atoms with E-state index in [1.54, 1.807) is 25.3 Å². The van der Waals surface area contributed by atoms with Gasteiger partial charge in [0.25, 0.3) is 0 Å². The molecule has 46 heavy (non-hydrogen) atoms. The molecule has 0 radical (unpaired) electrons. The van der Waals surface area contributed by atoms with Crippen molar-refractivity contribution in [3.05, 3.63) is 105 Å². The Morgan fingerprint density at radius 3 is 2.41 bits per heavy atom. The van der Waals surface area contributed by atoms with E-state index < -0.39 is 28.6 Å². The van der Waals surface area contributed by atoms with E-state index >= 15 is 0 Å². The van der Waals surface area contributed by atoms with Crippen molar-refractivity contribution in [2.45, 2.75) is 70.3 Å². The lowest BCUT2D eigenvalue weighted by molar-refractivity contribution is -0.385. The largest absolute Gasteiger partial charge is 0.497 e. The molecule has 0 saturated heterocycles. The summed E-state index contributed by atoms with van der Waals surface area (Å²) in [5.74, 6) is 0.420. The lowest BCUT2D eigenvalue weighted by atomic mass is 9.89. The molecule has 0 unspecified atom stereocenters. The quantitative estimate of drug-likeness (QED) is 0.0223. The molecule has 12 heteroatoms. The maximum absolute atomic E-state index is 13.1. The minimum absolute atomic E-state index is 0.168. The lowest BCUT2D eigenvalue weighted by Crippen LogP contribution is -2.38. The maximum atomic E-state index is 13.1. The Labute approximate surface area is 269 Å². The summed E-state index contributed by atoms with van der Waals surface area (Å²) in [6.07, 6.45) is 8.48. The van der Waals surface area contributed by atoms with E-state index in [1.807, 2.05) is 50.3 Å². The second kappa shape index (κ2) is 17.0. The Morgan fingerprint density at radius 1 is 1.15 bits per heavy atom. The highest BCUT2D eigenvalue weighted by atomic mass is 16.6. The molecular weight excluding hydrogens is 592 g/mol. The number of methoxy groups -OCH3 is 3. The molecule has 1 saturated carbocycles. The van der Waals surface area contributed by atoms with Crippen LogP contribution in [0.3, 0.4) is 0 Å². The van der Waals surface area contributed by atoms with Crippen molar-refractivity contribution in [3.63, 3.8) is 0 Å². The second-order valence-electron chi connectivity index (χ2n) is 11.1. The molecule has 246 valence electrons. The summed E-state index contributed by atoms with van der Waals surface area (Å²) in [5.41, 5.74) is 10.1. The Bertz CT molecular complexity index is 1480. The van der Waals surface area contributed by atoms with Crippen LogP contribution >= 0.6 is 0 Å². The van der Waals surface area contributed by atoms with E-state index in [0.717, 1.165) is 16.9 Å². The number of aryl methyl sites for hydroxylation is 1. The molecule has 1 aliphatic carbocycles. The molecule has 0 N–H and O–H groups in total. The van der Waals surface area contributed by atoms with Crippen LogP contribution in [0.15, 0.2) is 78.0 Å². The molecule has 0 aliphatic heterocycles. The molecular formula is C34H42N4O8. The highest BCUT2D eigenvalue weighted by molar-refractivity contribution is 5.84. The molecule has 2 aromatic carbocycles. The topological polar surface area (TPSA) is 155 Å². The van der Waals surface area contributed by atoms with Gasteiger partial charge < -0.3 is 23.7 Å². The van der Waals surface area contributed by atoms with E-state index in [1.165, 1.54) is 20.3 Å². The van der Waals surface area contributed by atoms with Crippen molar-refractivity contribution in [2.75, 3.05) is 21.3 Å². The van der Waals surface area contributed by atoms with Gasteiger partial charge in [-0.15, -0.1) is 0 Å². The van der Waals surface area contributed by atoms with E-state index in [2.05, 4.69) is 16.6 Å². The Hall–Kier alpha value is -4.80. The molecule has 12 nitrogen and oxygen atoms in total. The Kier molecular flexibility index (Phi) is 13.2. The number of nitro benzene ring substituents is 1. The van der Waals surface area contributed by atoms with E-state index in [-0.39, 0.29) is 24.0 Å². The molecule has 2 aromatic rings. The maximum Gasteiger partial charge on any atom is 0.318 e. The number of ether oxygens (including phenoxy) is 5. The zero-order valence-corrected chi connectivity index (χ0v) is 27.0. The molecule has 0 heterocycles. The number of allylic oxidation sites excluding steroid dienone is 3. The fraction of sp³-hybridized carbons (Fsp3) is 0.441. The smallest absolute Gasteiger partial charge is 0.318 e. The highest BCUT2D eigenvalue weighted by Gasteiger charge is 2.52. The van der Waals surface area contributed by atoms with Gasteiger partial charge in [0, 0.05) is 22.8 Å². The van der Waals surface area contributed by atoms with Crippen LogP contribution in [0.4, 0.5) is 5.69 Å². The van der Waals surface area contributed by atoms with Crippen LogP contribution in [0.5, 0.6) is 17.2 Å². The summed E-state index contributed by atoms with van der Waals surface area (Å²) in [7, 11) is 4.46. The minimum atomic E-state index is -1.16. The average Bonchev–Trinajstić information content (AvgIpc) is 3.85. The van der Waals surface area contributed by atoms with Crippen LogP contribution in [-0.4, -0.2) is 50.0 Å². The molecule has 1 fully saturated rings. The SMILES string of the molecule is C=C/C=C/C[C@H](OC(=O)C1(N=[N+]=[N-])CC1)[C@H](C)[C@@H](OCc1ccc(OC)cc1)/C(C)=C\CCc1cc(OC)cc([N+](=O)[O-])c1OC. The number of rotatable bonds is 19. The van der Waals surface area contributed by atoms with Gasteiger partial charge in [0.1, 0.15) is 23.1 Å². The monoisotopic (exact) mass is 634 g/mol. The summed E-state index contributed by atoms with van der Waals surface area (Å²) in [6, 6.07) is 10.6. The van der Waals surface area contributed by atoms with Gasteiger partial charge in [0.05, 0.1) is 45.0 Å². The van der Waals surface area contributed by atoms with Crippen molar-refractivity contribution in [1.29, 1.82) is 0 Å². The van der Waals surface area contributed by atoms with E-state index in [0.29, 0.717) is 43.4 Å². The zero-order valence-electron chi connectivity index (χ0n) is 27.0. The van der Waals surface area contributed by atoms with Crippen LogP contribution in [-0.2, 0) is 27.3 Å². The summed E-state index contributed by atoms with van der Waals surface area (Å²) in [6.45, 7) is 7.91. The molecule has 1 aliphatic rings. The molecule has 0 amide bonds. The lowest BCUT2D eigenvalue weighted by Gasteiger charge is -2.32. The van der Waals surface area contributed by atoms with Gasteiger partial charge in [-0.05, 0) is 67.5 Å². The first-order valence-electron chi connectivity index (χ1n) is 15.0. The van der Waals surface area contributed by atoms with Crippen molar-refractivity contribution in [2.24, 2.45) is 11.0 Å². The van der Waals surface area contributed by atoms with Crippen LogP contribution < -0.4 is 14.2 Å². The van der Waals surface area contributed by atoms with Gasteiger partial charge >= 0.3 is 11.7 Å². The molecule has 3 atom stereocenters. The number of benzene rings is 2. The number of carbonyl (C=O) groups is 1. The number of hydrogen-bond acceptors (Lipinski definition) is 9. The normalized spacial score (nSPS) is 15.6. The first-order chi connectivity index (χ1) is 22.1. The van der Waals surface area contributed by atoms with Gasteiger partial charge in [-0.2, -0.15) is 0 Å². The fourth-order valence-corrected chi connectivity index (χ4v) is 5.17. The number of carbonyl (C=O) groups excluding carboxylic acids is 1. The third-order valence-corrected chi connectivity index (χ3v) is 7.98. The van der Waals surface area contributed by atoms with E-state index in [9.17, 15) is 14.9 Å². The predicted molar refractivity (Wildman–Crippen MR) is 174 cm³/mol. The third-order valence-electron chi connectivity index (χ3n) is 7.98. The Balaban J connectivity index is 1.91. The number of nitrogens with zero attached hydrogens (tertiary/aromatic N) is 4. The van der Waals surface area contributed by atoms with Crippen molar-refractivity contribution < 1.29 is 33.4 Å². The molecule has 0 aromatic heterocycles. The summed E-state index contributed by atoms with van der Waals surface area (Å²) < 4.78 is 28.5. The standard InChI is InChI=1S/C34H42N4O8/c1-7-8-9-13-30(46-33(39)34(18-19-34)36-37-35)24(3)31(45-22-25-14-16-27(42-4)17-15-25)23(2)11-10-12-26-20-28(43-5)21-29(38(40)41)32(26)44-6/h7-9,11,14-17,20-21,24,30-31H,1,10,12-13,18-19,22H2,2-6H3/b9-8+,23-11-/t24-,30-,31-/m0/s1. The third kappa shape index (κ3) is 9.35. The van der Waals surface area contributed by atoms with Gasteiger partial charge in [-0.25, -0.2) is 0 Å². The molecule has 0 bridgehead atoms. The predicted octanol–water partition coefficient (Wildman–Crippen LogP) is 7.61. The zero-order chi connectivity index (χ0) is 33.7. The van der Waals surface area contributed by atoms with Crippen LogP contribution in [0.25, 0.3) is 10.4 Å². The van der Waals surface area contributed by atoms with Crippen molar-refractivity contribution in [3.8, 4) is 17.2 Å². The van der Waals surface area contributed by atoms with E-state index in [4.69, 9.17) is 29.2 Å². The van der Waals surface area contributed by atoms with Gasteiger partial charge in [-0.1, -0.05) is 55.1 Å². The summed E-state index contributed by atoms with van der Waals surface area (Å²) >= 11 is 0. The van der Waals surface area contributed by atoms with Crippen molar-refractivity contribution >= 4 is 11.7 Å². The van der Waals surface area contributed by atoms with Crippen molar-refractivity contribution in [1.82, 2.24) is 0 Å². The minimum Gasteiger partial charge on any atom is -0.497 e. The first-order valence-corrected chi connectivity index (χ1v) is 15.0. The van der Waals surface area contributed by atoms with Crippen LogP contribution in [0, 0.1) is 16.0 Å². The second-order valence-corrected chi connectivity index (χ2v) is 11.1. The van der Waals surface area contributed by atoms with Gasteiger partial charge in [0.15, 0.2) is 5.75 Å². The van der Waals surface area contributed by atoms with Gasteiger partial charge in [0.2, 0.25) is 0 Å². The number of esters is 1. The Morgan fingerprint density at radius 2 is 1.85 bits per heavy atom. The molecule has 0 spiro atoms. The highest BCUT2D eigenvalue weighted by Crippen LogP contribution is 2.42. The first kappa shape index (κ1) is 35.7. The molecule has 3 rings (SSSR count). The average molecular weight is 635 g/mol. The number of hydrogen-bond donors (Lipinski definition) is 0. The number of nitro groups is 1. The van der Waals surface area contributed by atoms with Crippen LogP contribution in [0.2, 0.25) is 0 Å². The fourth-order valence-electron chi connectivity index (χ4n) is 5.17. The summed E-state index contributed by atoms with van der Waals surface area (Å²) in [5, 5.41) is 15.4.